The van der Waals surface area contributed by atoms with Gasteiger partial charge in [-0.25, -0.2) is 4.68 Å². The molecule has 1 N–H and O–H groups in total. The number of alkyl halides is 2. The van der Waals surface area contributed by atoms with Crippen LogP contribution >= 0.6 is 0 Å². The molecule has 0 bridgehead atoms. The number of piperidine rings is 1. The van der Waals surface area contributed by atoms with Crippen molar-refractivity contribution in [2.45, 2.75) is 25.7 Å². The Bertz CT molecular complexity index is 950. The fourth-order valence-corrected chi connectivity index (χ4v) is 4.66. The third-order valence-corrected chi connectivity index (χ3v) is 6.39. The van der Waals surface area contributed by atoms with Crippen LogP contribution in [0, 0.1) is 5.92 Å². The molecule has 2 fully saturated rings. The van der Waals surface area contributed by atoms with Gasteiger partial charge in [0.15, 0.2) is 0 Å². The van der Waals surface area contributed by atoms with Crippen LogP contribution in [0.3, 0.4) is 0 Å². The lowest BCUT2D eigenvalue weighted by Gasteiger charge is -2.38. The molecule has 1 atom stereocenters. The summed E-state index contributed by atoms with van der Waals surface area (Å²) >= 11 is 0. The molecule has 2 aliphatic heterocycles. The number of aromatic hydroxyl groups is 1. The number of phenolic OH excluding ortho intramolecular Hbond substituents is 1. The maximum atomic E-state index is 14.0. The number of aromatic nitrogens is 2. The number of amides is 1. The summed E-state index contributed by atoms with van der Waals surface area (Å²) in [7, 11) is 2.16. The average Bonchev–Trinajstić information content (AvgIpc) is 3.20. The standard InChI is InChI=1S/C23H31F2N5O2/c1-23(24,25)21-14-19(30(26-21)18-7-3-4-8-20(18)31)22(32)29-12-10-28(11-13-29)16-17-6-5-9-27(2)15-17/h3-4,7-8,14,17,31H,5-6,9-13,15-16H2,1-2H3. The lowest BCUT2D eigenvalue weighted by Crippen LogP contribution is -2.51. The minimum absolute atomic E-state index is 0.0328. The number of hydrogen-bond acceptors (Lipinski definition) is 5. The molecule has 7 nitrogen and oxygen atoms in total. The summed E-state index contributed by atoms with van der Waals surface area (Å²) in [5.74, 6) is -3.03. The fraction of sp³-hybridized carbons (Fsp3) is 0.565. The molecule has 174 valence electrons. The molecule has 1 unspecified atom stereocenters. The Hall–Kier alpha value is -2.52. The van der Waals surface area contributed by atoms with Gasteiger partial charge in [0.05, 0.1) is 0 Å². The Morgan fingerprint density at radius 1 is 1.19 bits per heavy atom. The zero-order valence-corrected chi connectivity index (χ0v) is 18.7. The van der Waals surface area contributed by atoms with Crippen molar-refractivity contribution in [3.63, 3.8) is 0 Å². The molecule has 1 aromatic heterocycles. The summed E-state index contributed by atoms with van der Waals surface area (Å²) in [6.07, 6.45) is 2.46. The van der Waals surface area contributed by atoms with Crippen LogP contribution in [0.25, 0.3) is 5.69 Å². The molecule has 0 aliphatic carbocycles. The van der Waals surface area contributed by atoms with Crippen LogP contribution in [0.1, 0.15) is 35.9 Å². The molecule has 3 heterocycles. The van der Waals surface area contributed by atoms with E-state index in [-0.39, 0.29) is 23.0 Å². The number of nitrogens with zero attached hydrogens (tertiary/aromatic N) is 5. The average molecular weight is 448 g/mol. The molecule has 1 aromatic carbocycles. The quantitative estimate of drug-likeness (QED) is 0.764. The van der Waals surface area contributed by atoms with Crippen molar-refractivity contribution >= 4 is 5.91 Å². The van der Waals surface area contributed by atoms with Gasteiger partial charge in [0, 0.05) is 46.2 Å². The second-order valence-electron chi connectivity index (χ2n) is 9.07. The molecule has 9 heteroatoms. The number of hydrogen-bond donors (Lipinski definition) is 1. The maximum absolute atomic E-state index is 14.0. The number of carbonyl (C=O) groups excluding carboxylic acids is 1. The van der Waals surface area contributed by atoms with Crippen LogP contribution in [-0.4, -0.2) is 88.4 Å². The first-order valence-corrected chi connectivity index (χ1v) is 11.2. The monoisotopic (exact) mass is 447 g/mol. The topological polar surface area (TPSA) is 64.8 Å². The minimum atomic E-state index is -3.20. The van der Waals surface area contributed by atoms with Crippen molar-refractivity contribution in [3.05, 3.63) is 41.7 Å². The summed E-state index contributed by atoms with van der Waals surface area (Å²) in [6.45, 7) is 6.61. The Kier molecular flexibility index (Phi) is 6.48. The largest absolute Gasteiger partial charge is 0.506 e. The van der Waals surface area contributed by atoms with Crippen molar-refractivity contribution in [3.8, 4) is 11.4 Å². The lowest BCUT2D eigenvalue weighted by atomic mass is 9.97. The highest BCUT2D eigenvalue weighted by atomic mass is 19.3. The maximum Gasteiger partial charge on any atom is 0.288 e. The van der Waals surface area contributed by atoms with Gasteiger partial charge in [-0.05, 0) is 50.6 Å². The molecule has 4 rings (SSSR count). The Labute approximate surface area is 187 Å². The Morgan fingerprint density at radius 2 is 1.91 bits per heavy atom. The normalized spacial score (nSPS) is 21.1. The molecular formula is C23H31F2N5O2. The van der Waals surface area contributed by atoms with E-state index in [2.05, 4.69) is 21.9 Å². The van der Waals surface area contributed by atoms with E-state index >= 15 is 0 Å². The molecule has 0 spiro atoms. The van der Waals surface area contributed by atoms with Crippen molar-refractivity contribution < 1.29 is 18.7 Å². The van der Waals surface area contributed by atoms with Gasteiger partial charge in [0.25, 0.3) is 11.8 Å². The van der Waals surface area contributed by atoms with E-state index < -0.39 is 11.6 Å². The zero-order chi connectivity index (χ0) is 22.9. The van der Waals surface area contributed by atoms with E-state index in [1.165, 1.54) is 18.9 Å². The first-order chi connectivity index (χ1) is 15.2. The highest BCUT2D eigenvalue weighted by Crippen LogP contribution is 2.30. The van der Waals surface area contributed by atoms with Crippen LogP contribution < -0.4 is 0 Å². The number of halogens is 2. The molecule has 2 saturated heterocycles. The molecular weight excluding hydrogens is 416 g/mol. The van der Waals surface area contributed by atoms with Crippen LogP contribution in [0.4, 0.5) is 8.78 Å². The Morgan fingerprint density at radius 3 is 2.56 bits per heavy atom. The first-order valence-electron chi connectivity index (χ1n) is 11.2. The van der Waals surface area contributed by atoms with Crippen LogP contribution in [0.15, 0.2) is 30.3 Å². The molecule has 1 amide bonds. The molecule has 2 aromatic rings. The predicted molar refractivity (Wildman–Crippen MR) is 117 cm³/mol. The highest BCUT2D eigenvalue weighted by Gasteiger charge is 2.33. The number of para-hydroxylation sites is 2. The van der Waals surface area contributed by atoms with Gasteiger partial charge in [0.1, 0.15) is 22.8 Å². The van der Waals surface area contributed by atoms with Crippen molar-refractivity contribution in [2.75, 3.05) is 52.9 Å². The third kappa shape index (κ3) is 4.94. The van der Waals surface area contributed by atoms with Gasteiger partial charge in [-0.15, -0.1) is 0 Å². The van der Waals surface area contributed by atoms with E-state index in [0.29, 0.717) is 19.0 Å². The van der Waals surface area contributed by atoms with Crippen molar-refractivity contribution in [1.29, 1.82) is 0 Å². The van der Waals surface area contributed by atoms with Crippen LogP contribution in [0.5, 0.6) is 5.75 Å². The van der Waals surface area contributed by atoms with Gasteiger partial charge in [-0.2, -0.15) is 13.9 Å². The molecule has 0 radical (unpaired) electrons. The molecule has 32 heavy (non-hydrogen) atoms. The highest BCUT2D eigenvalue weighted by molar-refractivity contribution is 5.93. The summed E-state index contributed by atoms with van der Waals surface area (Å²) < 4.78 is 29.1. The van der Waals surface area contributed by atoms with Gasteiger partial charge >= 0.3 is 0 Å². The lowest BCUT2D eigenvalue weighted by molar-refractivity contribution is 0.0124. The van der Waals surface area contributed by atoms with E-state index in [9.17, 15) is 18.7 Å². The van der Waals surface area contributed by atoms with Gasteiger partial charge in [-0.1, -0.05) is 12.1 Å². The van der Waals surface area contributed by atoms with Gasteiger partial charge < -0.3 is 14.9 Å². The predicted octanol–water partition coefficient (Wildman–Crippen LogP) is 2.79. The zero-order valence-electron chi connectivity index (χ0n) is 18.7. The number of rotatable bonds is 5. The van der Waals surface area contributed by atoms with Gasteiger partial charge in [-0.3, -0.25) is 9.69 Å². The minimum Gasteiger partial charge on any atom is -0.506 e. The first kappa shape index (κ1) is 22.7. The van der Waals surface area contributed by atoms with Crippen molar-refractivity contribution in [2.24, 2.45) is 5.92 Å². The van der Waals surface area contributed by atoms with Crippen LogP contribution in [-0.2, 0) is 5.92 Å². The van der Waals surface area contributed by atoms with E-state index in [0.717, 1.165) is 50.4 Å². The van der Waals surface area contributed by atoms with Crippen molar-refractivity contribution in [1.82, 2.24) is 24.5 Å². The van der Waals surface area contributed by atoms with E-state index in [1.807, 2.05) is 0 Å². The van der Waals surface area contributed by atoms with E-state index in [4.69, 9.17) is 0 Å². The van der Waals surface area contributed by atoms with Gasteiger partial charge in [0.2, 0.25) is 0 Å². The smallest absolute Gasteiger partial charge is 0.288 e. The molecule has 2 aliphatic rings. The van der Waals surface area contributed by atoms with E-state index in [1.54, 1.807) is 23.1 Å². The molecule has 0 saturated carbocycles. The number of benzene rings is 1. The number of likely N-dealkylation sites (tertiary alicyclic amines) is 1. The SMILES string of the molecule is CN1CCCC(CN2CCN(C(=O)c3cc(C(C)(F)F)nn3-c3ccccc3O)CC2)C1. The summed E-state index contributed by atoms with van der Waals surface area (Å²) in [6, 6.07) is 7.42. The number of carbonyl (C=O) groups is 1. The van der Waals surface area contributed by atoms with Crippen LogP contribution in [0.2, 0.25) is 0 Å². The fourth-order valence-electron chi connectivity index (χ4n) is 4.66. The second-order valence-corrected chi connectivity index (χ2v) is 9.07. The summed E-state index contributed by atoms with van der Waals surface area (Å²) in [5.41, 5.74) is -0.263. The second kappa shape index (κ2) is 9.15. The number of piperazine rings is 1. The summed E-state index contributed by atoms with van der Waals surface area (Å²) in [5, 5.41) is 14.2. The summed E-state index contributed by atoms with van der Waals surface area (Å²) in [4.78, 5) is 19.7. The Balaban J connectivity index is 1.48. The third-order valence-electron chi connectivity index (χ3n) is 6.39. The number of phenols is 1.